The van der Waals surface area contributed by atoms with E-state index in [4.69, 9.17) is 14.2 Å². The van der Waals surface area contributed by atoms with E-state index in [2.05, 4.69) is 0 Å². The van der Waals surface area contributed by atoms with Gasteiger partial charge in [-0.25, -0.2) is 0 Å². The first-order valence-corrected chi connectivity index (χ1v) is 9.79. The number of carbonyl (C=O) groups is 3. The Morgan fingerprint density at radius 3 is 2.13 bits per heavy atom. The van der Waals surface area contributed by atoms with Crippen molar-refractivity contribution >= 4 is 17.5 Å². The smallest absolute Gasteiger partial charge is 0.224 e. The highest BCUT2D eigenvalue weighted by molar-refractivity contribution is 6.34. The number of benzene rings is 2. The molecule has 7 heteroatoms. The maximum atomic E-state index is 13.6. The van der Waals surface area contributed by atoms with Crippen LogP contribution >= 0.6 is 0 Å². The van der Waals surface area contributed by atoms with Gasteiger partial charge < -0.3 is 19.1 Å². The zero-order valence-corrected chi connectivity index (χ0v) is 17.0. The minimum absolute atomic E-state index is 0.241. The third-order valence-electron chi connectivity index (χ3n) is 5.85. The number of nitrogens with zero attached hydrogens (tertiary/aromatic N) is 1. The Morgan fingerprint density at radius 2 is 1.57 bits per heavy atom. The number of hydrogen-bond donors (Lipinski definition) is 0. The second-order valence-electron chi connectivity index (χ2n) is 7.35. The summed E-state index contributed by atoms with van der Waals surface area (Å²) in [6.45, 7) is 1.76. The molecular formula is C23H23NO6. The van der Waals surface area contributed by atoms with Crippen molar-refractivity contribution < 1.29 is 28.6 Å². The van der Waals surface area contributed by atoms with Gasteiger partial charge in [-0.05, 0) is 17.7 Å². The average Bonchev–Trinajstić information content (AvgIpc) is 3.01. The molecule has 0 spiro atoms. The van der Waals surface area contributed by atoms with Gasteiger partial charge in [-0.3, -0.25) is 14.4 Å². The molecule has 30 heavy (non-hydrogen) atoms. The van der Waals surface area contributed by atoms with Gasteiger partial charge in [0, 0.05) is 24.2 Å². The molecule has 1 amide bonds. The van der Waals surface area contributed by atoms with Crippen LogP contribution in [0.3, 0.4) is 0 Å². The second kappa shape index (κ2) is 7.91. The SMILES string of the molecule is COc1ccc(C2(CC(=O)N3CCOCC3)C(=O)c3ccccc3C2=O)cc1OC. The molecule has 1 fully saturated rings. The average molecular weight is 409 g/mol. The lowest BCUT2D eigenvalue weighted by atomic mass is 9.73. The largest absolute Gasteiger partial charge is 0.493 e. The molecule has 1 saturated heterocycles. The molecular weight excluding hydrogens is 386 g/mol. The number of methoxy groups -OCH3 is 2. The Hall–Kier alpha value is -3.19. The normalized spacial score (nSPS) is 17.6. The lowest BCUT2D eigenvalue weighted by molar-refractivity contribution is -0.136. The van der Waals surface area contributed by atoms with E-state index in [-0.39, 0.29) is 23.9 Å². The number of ketones is 2. The molecule has 0 atom stereocenters. The van der Waals surface area contributed by atoms with Crippen LogP contribution in [0.15, 0.2) is 42.5 Å². The molecule has 0 unspecified atom stereocenters. The molecule has 2 aromatic carbocycles. The first-order chi connectivity index (χ1) is 14.5. The first-order valence-electron chi connectivity index (χ1n) is 9.79. The molecule has 1 heterocycles. The zero-order chi connectivity index (χ0) is 21.3. The van der Waals surface area contributed by atoms with E-state index in [1.807, 2.05) is 0 Å². The van der Waals surface area contributed by atoms with Crippen LogP contribution in [-0.2, 0) is 14.9 Å². The van der Waals surface area contributed by atoms with E-state index in [9.17, 15) is 14.4 Å². The minimum atomic E-state index is -1.63. The minimum Gasteiger partial charge on any atom is -0.493 e. The molecule has 7 nitrogen and oxygen atoms in total. The van der Waals surface area contributed by atoms with Gasteiger partial charge in [-0.1, -0.05) is 30.3 Å². The molecule has 2 aromatic rings. The van der Waals surface area contributed by atoms with Crippen LogP contribution in [0.1, 0.15) is 32.7 Å². The number of morpholine rings is 1. The van der Waals surface area contributed by atoms with Gasteiger partial charge in [0.05, 0.1) is 33.9 Å². The van der Waals surface area contributed by atoms with E-state index in [1.165, 1.54) is 14.2 Å². The Labute approximate surface area is 174 Å². The summed E-state index contributed by atoms with van der Waals surface area (Å²) >= 11 is 0. The van der Waals surface area contributed by atoms with Crippen LogP contribution in [0.25, 0.3) is 0 Å². The Morgan fingerprint density at radius 1 is 0.967 bits per heavy atom. The lowest BCUT2D eigenvalue weighted by Crippen LogP contribution is -2.47. The topological polar surface area (TPSA) is 82.1 Å². The molecule has 156 valence electrons. The summed E-state index contributed by atoms with van der Waals surface area (Å²) in [5.74, 6) is -0.104. The molecule has 0 saturated carbocycles. The van der Waals surface area contributed by atoms with Crippen molar-refractivity contribution in [1.29, 1.82) is 0 Å². The van der Waals surface area contributed by atoms with Gasteiger partial charge in [0.25, 0.3) is 0 Å². The Balaban J connectivity index is 1.83. The van der Waals surface area contributed by atoms with Crippen LogP contribution in [0.2, 0.25) is 0 Å². The fourth-order valence-electron chi connectivity index (χ4n) is 4.22. The van der Waals surface area contributed by atoms with Gasteiger partial charge in [0.2, 0.25) is 5.91 Å². The van der Waals surface area contributed by atoms with Crippen molar-refractivity contribution in [2.45, 2.75) is 11.8 Å². The summed E-state index contributed by atoms with van der Waals surface area (Å²) in [7, 11) is 3.00. The number of fused-ring (bicyclic) bond motifs is 1. The monoisotopic (exact) mass is 409 g/mol. The highest BCUT2D eigenvalue weighted by Crippen LogP contribution is 2.45. The van der Waals surface area contributed by atoms with E-state index in [1.54, 1.807) is 47.4 Å². The van der Waals surface area contributed by atoms with Gasteiger partial charge in [-0.2, -0.15) is 0 Å². The quantitative estimate of drug-likeness (QED) is 0.705. The van der Waals surface area contributed by atoms with Crippen molar-refractivity contribution in [3.05, 3.63) is 59.2 Å². The Bertz CT molecular complexity index is 974. The van der Waals surface area contributed by atoms with Gasteiger partial charge in [-0.15, -0.1) is 0 Å². The number of amides is 1. The highest BCUT2D eigenvalue weighted by atomic mass is 16.5. The van der Waals surface area contributed by atoms with Crippen LogP contribution in [0, 0.1) is 0 Å². The predicted octanol–water partition coefficient (Wildman–Crippen LogP) is 2.27. The van der Waals surface area contributed by atoms with Crippen LogP contribution < -0.4 is 9.47 Å². The van der Waals surface area contributed by atoms with Gasteiger partial charge in [0.15, 0.2) is 23.1 Å². The molecule has 0 radical (unpaired) electrons. The van der Waals surface area contributed by atoms with Crippen LogP contribution in [0.4, 0.5) is 0 Å². The number of ether oxygens (including phenoxy) is 3. The number of carbonyl (C=O) groups excluding carboxylic acids is 3. The summed E-state index contributed by atoms with van der Waals surface area (Å²) < 4.78 is 16.0. The van der Waals surface area contributed by atoms with Crippen molar-refractivity contribution in [3.8, 4) is 11.5 Å². The maximum absolute atomic E-state index is 13.6. The van der Waals surface area contributed by atoms with E-state index < -0.39 is 5.41 Å². The summed E-state index contributed by atoms with van der Waals surface area (Å²) in [6, 6.07) is 11.6. The molecule has 4 rings (SSSR count). The van der Waals surface area contributed by atoms with Gasteiger partial charge in [0.1, 0.15) is 5.41 Å². The predicted molar refractivity (Wildman–Crippen MR) is 108 cm³/mol. The van der Waals surface area contributed by atoms with E-state index in [0.29, 0.717) is 54.5 Å². The highest BCUT2D eigenvalue weighted by Gasteiger charge is 2.55. The number of hydrogen-bond acceptors (Lipinski definition) is 6. The van der Waals surface area contributed by atoms with Gasteiger partial charge >= 0.3 is 0 Å². The van der Waals surface area contributed by atoms with Crippen molar-refractivity contribution in [1.82, 2.24) is 4.90 Å². The number of rotatable bonds is 5. The second-order valence-corrected chi connectivity index (χ2v) is 7.35. The first kappa shape index (κ1) is 20.1. The zero-order valence-electron chi connectivity index (χ0n) is 17.0. The maximum Gasteiger partial charge on any atom is 0.224 e. The van der Waals surface area contributed by atoms with Crippen molar-refractivity contribution in [2.75, 3.05) is 40.5 Å². The molecule has 0 N–H and O–H groups in total. The summed E-state index contributed by atoms with van der Waals surface area (Å²) in [5.41, 5.74) is -0.523. The molecule has 1 aliphatic heterocycles. The summed E-state index contributed by atoms with van der Waals surface area (Å²) in [4.78, 5) is 42.0. The standard InChI is InChI=1S/C23H23NO6/c1-28-18-8-7-15(13-19(18)29-2)23(14-20(25)24-9-11-30-12-10-24)21(26)16-5-3-4-6-17(16)22(23)27/h3-8,13H,9-12,14H2,1-2H3. The molecule has 1 aliphatic carbocycles. The summed E-state index contributed by atoms with van der Waals surface area (Å²) in [5, 5.41) is 0. The van der Waals surface area contributed by atoms with Crippen LogP contribution in [-0.4, -0.2) is 62.9 Å². The van der Waals surface area contributed by atoms with Crippen molar-refractivity contribution in [3.63, 3.8) is 0 Å². The summed E-state index contributed by atoms with van der Waals surface area (Å²) in [6.07, 6.45) is -0.241. The van der Waals surface area contributed by atoms with Crippen molar-refractivity contribution in [2.24, 2.45) is 0 Å². The van der Waals surface area contributed by atoms with E-state index in [0.717, 1.165) is 0 Å². The molecule has 0 aromatic heterocycles. The fraction of sp³-hybridized carbons (Fsp3) is 0.348. The lowest BCUT2D eigenvalue weighted by Gasteiger charge is -2.32. The number of Topliss-reactive ketones (excluding diaryl/α,β-unsaturated/α-hetero) is 2. The molecule has 2 aliphatic rings. The third kappa shape index (κ3) is 3.06. The molecule has 0 bridgehead atoms. The van der Waals surface area contributed by atoms with Crippen LogP contribution in [0.5, 0.6) is 11.5 Å². The van der Waals surface area contributed by atoms with E-state index >= 15 is 0 Å². The fourth-order valence-corrected chi connectivity index (χ4v) is 4.22. The third-order valence-corrected chi connectivity index (χ3v) is 5.85. The Kier molecular flexibility index (Phi) is 5.30.